The zero-order chi connectivity index (χ0) is 24.4. The number of hydrogen-bond donors (Lipinski definition) is 1. The van der Waals surface area contributed by atoms with Gasteiger partial charge in [0.25, 0.3) is 0 Å². The van der Waals surface area contributed by atoms with Gasteiger partial charge in [-0.05, 0) is 54.3 Å². The molecule has 1 unspecified atom stereocenters. The predicted octanol–water partition coefficient (Wildman–Crippen LogP) is 5.66. The van der Waals surface area contributed by atoms with Gasteiger partial charge < -0.3 is 0 Å². The van der Waals surface area contributed by atoms with E-state index in [1.807, 2.05) is 13.0 Å². The second kappa shape index (κ2) is 9.19. The van der Waals surface area contributed by atoms with Gasteiger partial charge in [-0.25, -0.2) is 8.42 Å². The number of aryl methyl sites for hydroxylation is 1. The molecule has 1 N–H and O–H groups in total. The third-order valence-corrected chi connectivity index (χ3v) is 7.24. The highest BCUT2D eigenvalue weighted by atomic mass is 32.2. The second-order valence-corrected chi connectivity index (χ2v) is 9.90. The molecule has 8 heteroatoms. The molecule has 2 aromatic carbocycles. The van der Waals surface area contributed by atoms with Crippen LogP contribution >= 0.6 is 0 Å². The van der Waals surface area contributed by atoms with E-state index in [-0.39, 0.29) is 16.9 Å². The number of aromatic nitrogens is 1. The van der Waals surface area contributed by atoms with Crippen LogP contribution in [0, 0.1) is 6.92 Å². The highest BCUT2D eigenvalue weighted by Crippen LogP contribution is 2.38. The molecule has 1 atom stereocenters. The summed E-state index contributed by atoms with van der Waals surface area (Å²) in [6, 6.07) is 17.2. The molecule has 0 aliphatic heterocycles. The highest BCUT2D eigenvalue weighted by Gasteiger charge is 2.42. The molecule has 3 aromatic rings. The van der Waals surface area contributed by atoms with Gasteiger partial charge in [-0.15, -0.1) is 0 Å². The number of halogens is 3. The number of allylic oxidation sites excluding steroid dienone is 3. The first-order chi connectivity index (χ1) is 16.1. The molecule has 0 amide bonds. The Morgan fingerprint density at radius 3 is 2.32 bits per heavy atom. The molecular weight excluding hydrogens is 461 g/mol. The largest absolute Gasteiger partial charge is 0.416 e. The topological polar surface area (TPSA) is 59.1 Å². The number of benzene rings is 2. The molecule has 0 spiro atoms. The Labute approximate surface area is 196 Å². The minimum atomic E-state index is -4.59. The Balaban J connectivity index is 1.98. The van der Waals surface area contributed by atoms with Gasteiger partial charge in [-0.1, -0.05) is 60.7 Å². The van der Waals surface area contributed by atoms with E-state index in [4.69, 9.17) is 0 Å². The minimum absolute atomic E-state index is 0.0570. The molecule has 34 heavy (non-hydrogen) atoms. The molecule has 4 rings (SSSR count). The van der Waals surface area contributed by atoms with Crippen molar-refractivity contribution in [2.45, 2.75) is 31.5 Å². The molecule has 0 bridgehead atoms. The summed E-state index contributed by atoms with van der Waals surface area (Å²) in [7, 11) is -4.09. The Morgan fingerprint density at radius 1 is 0.971 bits per heavy atom. The van der Waals surface area contributed by atoms with E-state index >= 15 is 0 Å². The molecule has 4 nitrogen and oxygen atoms in total. The van der Waals surface area contributed by atoms with Crippen LogP contribution in [-0.2, 0) is 28.2 Å². The van der Waals surface area contributed by atoms with Gasteiger partial charge in [0.1, 0.15) is 5.54 Å². The molecular formula is C26H23F3N2O2S. The van der Waals surface area contributed by atoms with Crippen LogP contribution < -0.4 is 4.72 Å². The van der Waals surface area contributed by atoms with Crippen LogP contribution in [-0.4, -0.2) is 13.4 Å². The van der Waals surface area contributed by atoms with Crippen molar-refractivity contribution in [2.24, 2.45) is 0 Å². The fourth-order valence-electron chi connectivity index (χ4n) is 4.00. The van der Waals surface area contributed by atoms with Gasteiger partial charge >= 0.3 is 6.18 Å². The summed E-state index contributed by atoms with van der Waals surface area (Å²) in [6.07, 6.45) is 2.27. The van der Waals surface area contributed by atoms with E-state index < -0.39 is 27.3 Å². The number of hydrogen-bond acceptors (Lipinski definition) is 3. The molecule has 0 saturated heterocycles. The van der Waals surface area contributed by atoms with Crippen molar-refractivity contribution in [2.75, 3.05) is 0 Å². The van der Waals surface area contributed by atoms with Gasteiger partial charge in [0.05, 0.1) is 16.2 Å². The number of nitrogens with zero attached hydrogens (tertiary/aromatic N) is 1. The van der Waals surface area contributed by atoms with E-state index in [9.17, 15) is 21.6 Å². The lowest BCUT2D eigenvalue weighted by molar-refractivity contribution is -0.137. The molecule has 1 aliphatic carbocycles. The molecule has 0 fully saturated rings. The third kappa shape index (κ3) is 4.98. The first-order valence-corrected chi connectivity index (χ1v) is 12.1. The average Bonchev–Trinajstić information content (AvgIpc) is 3.35. The van der Waals surface area contributed by atoms with Crippen molar-refractivity contribution in [1.82, 2.24) is 9.71 Å². The molecule has 1 heterocycles. The SMILES string of the molecule is Cc1ccc(C(Cc2ccccc2)(NS(=O)(=O)C2=CCC=C2)c2cccc(C(F)(F)F)c2)nc1. The van der Waals surface area contributed by atoms with Gasteiger partial charge in [0, 0.05) is 12.6 Å². The first kappa shape index (κ1) is 23.9. The normalized spacial score (nSPS) is 15.7. The van der Waals surface area contributed by atoms with Gasteiger partial charge in [-0.3, -0.25) is 4.98 Å². The Morgan fingerprint density at radius 2 is 1.71 bits per heavy atom. The molecule has 0 saturated carbocycles. The van der Waals surface area contributed by atoms with Crippen LogP contribution in [0.4, 0.5) is 13.2 Å². The summed E-state index contributed by atoms with van der Waals surface area (Å²) in [4.78, 5) is 4.55. The van der Waals surface area contributed by atoms with Gasteiger partial charge in [0.2, 0.25) is 10.0 Å². The summed E-state index contributed by atoms with van der Waals surface area (Å²) in [5.74, 6) is 0. The zero-order valence-electron chi connectivity index (χ0n) is 18.4. The lowest BCUT2D eigenvalue weighted by Crippen LogP contribution is -2.49. The van der Waals surface area contributed by atoms with E-state index in [2.05, 4.69) is 9.71 Å². The van der Waals surface area contributed by atoms with Crippen LogP contribution in [0.15, 0.2) is 96.1 Å². The number of pyridine rings is 1. The maximum absolute atomic E-state index is 13.6. The van der Waals surface area contributed by atoms with Crippen molar-refractivity contribution in [3.63, 3.8) is 0 Å². The molecule has 176 valence electrons. The Kier molecular flexibility index (Phi) is 6.47. The minimum Gasteiger partial charge on any atom is -0.259 e. The number of rotatable bonds is 7. The second-order valence-electron chi connectivity index (χ2n) is 8.22. The lowest BCUT2D eigenvalue weighted by atomic mass is 9.81. The first-order valence-electron chi connectivity index (χ1n) is 10.7. The van der Waals surface area contributed by atoms with Crippen molar-refractivity contribution in [1.29, 1.82) is 0 Å². The van der Waals surface area contributed by atoms with Crippen LogP contribution in [0.3, 0.4) is 0 Å². The summed E-state index contributed by atoms with van der Waals surface area (Å²) in [5, 5.41) is 0. The van der Waals surface area contributed by atoms with Gasteiger partial charge in [-0.2, -0.15) is 17.9 Å². The van der Waals surface area contributed by atoms with Crippen LogP contribution in [0.25, 0.3) is 0 Å². The highest BCUT2D eigenvalue weighted by molar-refractivity contribution is 7.93. The lowest BCUT2D eigenvalue weighted by Gasteiger charge is -2.35. The van der Waals surface area contributed by atoms with Crippen molar-refractivity contribution >= 4 is 10.0 Å². The molecule has 1 aromatic heterocycles. The Hall–Kier alpha value is -3.23. The summed E-state index contributed by atoms with van der Waals surface area (Å²) in [6.45, 7) is 1.83. The van der Waals surface area contributed by atoms with Crippen molar-refractivity contribution < 1.29 is 21.6 Å². The van der Waals surface area contributed by atoms with E-state index in [0.717, 1.165) is 23.3 Å². The fourth-order valence-corrected chi connectivity index (χ4v) is 5.46. The fraction of sp³-hybridized carbons (Fsp3) is 0.192. The standard InChI is InChI=1S/C26H23F3N2O2S/c1-19-14-15-24(30-18-19)25(17-20-8-3-2-4-9-20,31-34(32,33)23-12-5-6-13-23)21-10-7-11-22(16-21)26(27,28)29/h2-5,7-16,18,31H,6,17H2,1H3. The molecule has 1 aliphatic rings. The monoisotopic (exact) mass is 484 g/mol. The maximum atomic E-state index is 13.6. The van der Waals surface area contributed by atoms with E-state index in [1.54, 1.807) is 54.7 Å². The predicted molar refractivity (Wildman–Crippen MR) is 125 cm³/mol. The Bertz CT molecular complexity index is 1330. The maximum Gasteiger partial charge on any atom is 0.416 e. The summed E-state index contributed by atoms with van der Waals surface area (Å²) < 4.78 is 70.6. The van der Waals surface area contributed by atoms with Crippen molar-refractivity contribution in [3.8, 4) is 0 Å². The van der Waals surface area contributed by atoms with E-state index in [1.165, 1.54) is 18.2 Å². The summed E-state index contributed by atoms with van der Waals surface area (Å²) in [5.41, 5.74) is -0.437. The molecule has 0 radical (unpaired) electrons. The van der Waals surface area contributed by atoms with Crippen LogP contribution in [0.5, 0.6) is 0 Å². The summed E-state index contributed by atoms with van der Waals surface area (Å²) >= 11 is 0. The van der Waals surface area contributed by atoms with E-state index in [0.29, 0.717) is 12.1 Å². The van der Waals surface area contributed by atoms with Crippen LogP contribution in [0.1, 0.15) is 34.4 Å². The van der Waals surface area contributed by atoms with Crippen LogP contribution in [0.2, 0.25) is 0 Å². The van der Waals surface area contributed by atoms with Gasteiger partial charge in [0.15, 0.2) is 0 Å². The van der Waals surface area contributed by atoms with Crippen molar-refractivity contribution in [3.05, 3.63) is 124 Å². The quantitative estimate of drug-likeness (QED) is 0.471. The number of alkyl halides is 3. The average molecular weight is 485 g/mol. The smallest absolute Gasteiger partial charge is 0.259 e. The number of nitrogens with one attached hydrogen (secondary N) is 1. The zero-order valence-corrected chi connectivity index (χ0v) is 19.2. The number of sulfonamides is 1. The third-order valence-electron chi connectivity index (χ3n) is 5.70.